The third-order valence-electron chi connectivity index (χ3n) is 4.50. The molecule has 1 aliphatic carbocycles. The highest BCUT2D eigenvalue weighted by molar-refractivity contribution is 6.03. The second-order valence-electron chi connectivity index (χ2n) is 5.97. The number of carbonyl (C=O) groups is 1. The van der Waals surface area contributed by atoms with Gasteiger partial charge in [0.25, 0.3) is 0 Å². The van der Waals surface area contributed by atoms with Crippen LogP contribution in [0, 0.1) is 5.41 Å². The Kier molecular flexibility index (Phi) is 3.84. The van der Waals surface area contributed by atoms with Crippen molar-refractivity contribution in [1.82, 2.24) is 0 Å². The molecule has 0 aromatic heterocycles. The Bertz CT molecular complexity index is 698. The maximum absolute atomic E-state index is 12.5. The van der Waals surface area contributed by atoms with E-state index in [0.29, 0.717) is 12.2 Å². The van der Waals surface area contributed by atoms with Gasteiger partial charge in [0, 0.05) is 6.42 Å². The van der Waals surface area contributed by atoms with Gasteiger partial charge in [0.2, 0.25) is 0 Å². The van der Waals surface area contributed by atoms with Crippen LogP contribution in [-0.4, -0.2) is 12.9 Å². The first kappa shape index (κ1) is 14.6. The van der Waals surface area contributed by atoms with Crippen molar-refractivity contribution in [2.24, 2.45) is 5.41 Å². The van der Waals surface area contributed by atoms with E-state index in [1.807, 2.05) is 42.5 Å². The molecule has 22 heavy (non-hydrogen) atoms. The predicted octanol–water partition coefficient (Wildman–Crippen LogP) is 4.30. The first-order chi connectivity index (χ1) is 10.6. The molecule has 2 heteroatoms. The third-order valence-corrected chi connectivity index (χ3v) is 4.50. The van der Waals surface area contributed by atoms with Crippen molar-refractivity contribution in [2.75, 3.05) is 7.11 Å². The van der Waals surface area contributed by atoms with E-state index in [2.05, 4.69) is 25.1 Å². The van der Waals surface area contributed by atoms with Gasteiger partial charge in [-0.3, -0.25) is 4.79 Å². The minimum atomic E-state index is -0.448. The zero-order valence-electron chi connectivity index (χ0n) is 13.0. The van der Waals surface area contributed by atoms with Crippen molar-refractivity contribution in [1.29, 1.82) is 0 Å². The molecular weight excluding hydrogens is 272 g/mol. The van der Waals surface area contributed by atoms with Crippen LogP contribution < -0.4 is 4.74 Å². The fourth-order valence-corrected chi connectivity index (χ4v) is 3.20. The molecule has 1 unspecified atom stereocenters. The highest BCUT2D eigenvalue weighted by Crippen LogP contribution is 2.44. The zero-order valence-corrected chi connectivity index (χ0v) is 13.0. The summed E-state index contributed by atoms with van der Waals surface area (Å²) in [6, 6.07) is 18.2. The van der Waals surface area contributed by atoms with Crippen LogP contribution in [0.2, 0.25) is 0 Å². The lowest BCUT2D eigenvalue weighted by Crippen LogP contribution is -2.27. The van der Waals surface area contributed by atoms with Crippen LogP contribution in [0.25, 0.3) is 5.57 Å². The van der Waals surface area contributed by atoms with Crippen molar-refractivity contribution in [2.45, 2.75) is 19.8 Å². The van der Waals surface area contributed by atoms with E-state index in [4.69, 9.17) is 4.74 Å². The van der Waals surface area contributed by atoms with Gasteiger partial charge < -0.3 is 4.74 Å². The Balaban J connectivity index is 1.93. The van der Waals surface area contributed by atoms with E-state index in [9.17, 15) is 4.79 Å². The van der Waals surface area contributed by atoms with Gasteiger partial charge in [-0.1, -0.05) is 48.5 Å². The highest BCUT2D eigenvalue weighted by atomic mass is 16.5. The number of rotatable bonds is 4. The van der Waals surface area contributed by atoms with Gasteiger partial charge in [-0.15, -0.1) is 0 Å². The smallest absolute Gasteiger partial charge is 0.147 e. The lowest BCUT2D eigenvalue weighted by molar-refractivity contribution is -0.123. The van der Waals surface area contributed by atoms with Crippen LogP contribution in [-0.2, 0) is 11.2 Å². The minimum Gasteiger partial charge on any atom is -0.497 e. The van der Waals surface area contributed by atoms with Crippen LogP contribution >= 0.6 is 0 Å². The largest absolute Gasteiger partial charge is 0.497 e. The van der Waals surface area contributed by atoms with Gasteiger partial charge in [-0.25, -0.2) is 0 Å². The highest BCUT2D eigenvalue weighted by Gasteiger charge is 2.40. The molecule has 0 heterocycles. The molecule has 0 saturated heterocycles. The summed E-state index contributed by atoms with van der Waals surface area (Å²) in [7, 11) is 1.66. The molecule has 2 aromatic carbocycles. The lowest BCUT2D eigenvalue weighted by atomic mass is 9.74. The molecule has 2 aromatic rings. The Morgan fingerprint density at radius 1 is 1.05 bits per heavy atom. The number of carbonyl (C=O) groups excluding carboxylic acids is 1. The molecule has 1 atom stereocenters. The summed E-state index contributed by atoms with van der Waals surface area (Å²) in [6.07, 6.45) is 3.34. The van der Waals surface area contributed by atoms with E-state index < -0.39 is 5.41 Å². The summed E-state index contributed by atoms with van der Waals surface area (Å²) in [6.45, 7) is 2.06. The number of ketones is 1. The first-order valence-corrected chi connectivity index (χ1v) is 7.56. The van der Waals surface area contributed by atoms with Crippen LogP contribution in [0.4, 0.5) is 0 Å². The molecule has 0 spiro atoms. The number of hydrogen-bond acceptors (Lipinski definition) is 2. The number of methoxy groups -OCH3 is 1. The fourth-order valence-electron chi connectivity index (χ4n) is 3.20. The molecule has 0 fully saturated rings. The van der Waals surface area contributed by atoms with E-state index in [0.717, 1.165) is 23.3 Å². The van der Waals surface area contributed by atoms with E-state index in [-0.39, 0.29) is 0 Å². The molecule has 0 bridgehead atoms. The Hall–Kier alpha value is -2.35. The van der Waals surface area contributed by atoms with Crippen molar-refractivity contribution in [3.05, 3.63) is 71.8 Å². The number of allylic oxidation sites excluding steroid dienone is 2. The molecule has 0 aliphatic heterocycles. The van der Waals surface area contributed by atoms with Crippen molar-refractivity contribution < 1.29 is 9.53 Å². The topological polar surface area (TPSA) is 26.3 Å². The Morgan fingerprint density at radius 2 is 1.73 bits per heavy atom. The maximum atomic E-state index is 12.5. The molecular formula is C20H20O2. The maximum Gasteiger partial charge on any atom is 0.147 e. The monoisotopic (exact) mass is 292 g/mol. The summed E-state index contributed by atoms with van der Waals surface area (Å²) in [5, 5.41) is 0. The molecule has 0 amide bonds. The van der Waals surface area contributed by atoms with Crippen molar-refractivity contribution >= 4 is 11.4 Å². The zero-order chi connectivity index (χ0) is 15.6. The summed E-state index contributed by atoms with van der Waals surface area (Å²) in [5.74, 6) is 1.13. The van der Waals surface area contributed by atoms with Gasteiger partial charge >= 0.3 is 0 Å². The van der Waals surface area contributed by atoms with Gasteiger partial charge in [0.1, 0.15) is 11.5 Å². The molecule has 3 rings (SSSR count). The van der Waals surface area contributed by atoms with Gasteiger partial charge in [0.15, 0.2) is 0 Å². The van der Waals surface area contributed by atoms with E-state index >= 15 is 0 Å². The molecule has 112 valence electrons. The van der Waals surface area contributed by atoms with Crippen molar-refractivity contribution in [3.63, 3.8) is 0 Å². The number of Topliss-reactive ketones (excluding diaryl/α,β-unsaturated/α-hetero) is 1. The van der Waals surface area contributed by atoms with Gasteiger partial charge in [0.05, 0.1) is 12.5 Å². The number of hydrogen-bond donors (Lipinski definition) is 0. The van der Waals surface area contributed by atoms with Gasteiger partial charge in [-0.2, -0.15) is 0 Å². The van der Waals surface area contributed by atoms with Crippen LogP contribution in [0.1, 0.15) is 24.5 Å². The lowest BCUT2D eigenvalue weighted by Gasteiger charge is -2.27. The Labute approximate surface area is 131 Å². The normalized spacial score (nSPS) is 20.8. The van der Waals surface area contributed by atoms with Crippen molar-refractivity contribution in [3.8, 4) is 5.75 Å². The molecule has 1 aliphatic rings. The van der Waals surface area contributed by atoms with E-state index in [1.165, 1.54) is 5.56 Å². The molecule has 0 saturated carbocycles. The quantitative estimate of drug-likeness (QED) is 0.839. The summed E-state index contributed by atoms with van der Waals surface area (Å²) in [4.78, 5) is 12.5. The summed E-state index contributed by atoms with van der Waals surface area (Å²) < 4.78 is 5.21. The second-order valence-corrected chi connectivity index (χ2v) is 5.97. The van der Waals surface area contributed by atoms with Crippen LogP contribution in [0.3, 0.4) is 0 Å². The molecule has 2 nitrogen and oxygen atoms in total. The third kappa shape index (κ3) is 2.57. The summed E-state index contributed by atoms with van der Waals surface area (Å²) in [5.41, 5.74) is 2.98. The average Bonchev–Trinajstić information content (AvgIpc) is 2.84. The average molecular weight is 292 g/mol. The molecule has 0 radical (unpaired) electrons. The molecule has 0 N–H and O–H groups in total. The Morgan fingerprint density at radius 3 is 2.36 bits per heavy atom. The second kappa shape index (κ2) is 5.80. The first-order valence-electron chi connectivity index (χ1n) is 7.56. The van der Waals surface area contributed by atoms with Crippen LogP contribution in [0.5, 0.6) is 5.75 Å². The number of benzene rings is 2. The standard InChI is InChI=1S/C20H20O2/c1-20(14-15-6-4-3-5-7-15)18(12-13-19(20)21)16-8-10-17(22-2)11-9-16/h3-12H,13-14H2,1-2H3. The number of ether oxygens (including phenoxy) is 1. The fraction of sp³-hybridized carbons (Fsp3) is 0.250. The SMILES string of the molecule is COc1ccc(C2=CCC(=O)C2(C)Cc2ccccc2)cc1. The van der Waals surface area contributed by atoms with Gasteiger partial charge in [-0.05, 0) is 42.2 Å². The van der Waals surface area contributed by atoms with Crippen LogP contribution in [0.15, 0.2) is 60.7 Å². The van der Waals surface area contributed by atoms with E-state index in [1.54, 1.807) is 7.11 Å². The summed E-state index contributed by atoms with van der Waals surface area (Å²) >= 11 is 0. The minimum absolute atomic E-state index is 0.294. The predicted molar refractivity (Wildman–Crippen MR) is 88.8 cm³/mol.